The smallest absolute Gasteiger partial charge is 0.481 e. The summed E-state index contributed by atoms with van der Waals surface area (Å²) in [6.45, 7) is 0.0888. The van der Waals surface area contributed by atoms with Crippen molar-refractivity contribution in [1.29, 1.82) is 0 Å². The lowest BCUT2D eigenvalue weighted by molar-refractivity contribution is -0.403. The summed E-state index contributed by atoms with van der Waals surface area (Å²) < 4.78 is 41.8. The third-order valence-electron chi connectivity index (χ3n) is 6.90. The van der Waals surface area contributed by atoms with Crippen LogP contribution in [0.25, 0.3) is 5.57 Å². The lowest BCUT2D eigenvalue weighted by Crippen LogP contribution is -2.28. The van der Waals surface area contributed by atoms with Gasteiger partial charge in [0.1, 0.15) is 5.75 Å². The van der Waals surface area contributed by atoms with Gasteiger partial charge in [0.2, 0.25) is 0 Å². The molecule has 0 unspecified atom stereocenters. The summed E-state index contributed by atoms with van der Waals surface area (Å²) in [6, 6.07) is 18.8. The molecule has 3 aromatic rings. The third-order valence-corrected chi connectivity index (χ3v) is 6.90. The molecule has 3 N–H and O–H groups in total. The maximum atomic E-state index is 12.6. The number of rotatable bonds is 13. The Morgan fingerprint density at radius 1 is 1.00 bits per heavy atom. The topological polar surface area (TPSA) is 134 Å². The molecule has 0 aliphatic heterocycles. The van der Waals surface area contributed by atoms with E-state index >= 15 is 0 Å². The number of benzene rings is 3. The van der Waals surface area contributed by atoms with Crippen molar-refractivity contribution >= 4 is 28.8 Å². The summed E-state index contributed by atoms with van der Waals surface area (Å²) in [5.74, 6) is -1.89. The van der Waals surface area contributed by atoms with E-state index in [1.807, 2.05) is 24.3 Å². The van der Waals surface area contributed by atoms with Gasteiger partial charge in [0.25, 0.3) is 12.1 Å². The normalized spacial score (nSPS) is 13.4. The molecule has 0 saturated carbocycles. The van der Waals surface area contributed by atoms with Crippen LogP contribution in [0.2, 0.25) is 0 Å². The molecule has 236 valence electrons. The number of allylic oxidation sites excluding steroid dienone is 2. The molecule has 3 aromatic carbocycles. The van der Waals surface area contributed by atoms with Crippen LogP contribution in [0.1, 0.15) is 53.6 Å². The van der Waals surface area contributed by atoms with Gasteiger partial charge in [-0.25, -0.2) is 0 Å². The van der Waals surface area contributed by atoms with Crippen LogP contribution in [0, 0.1) is 10.1 Å². The summed E-state index contributed by atoms with van der Waals surface area (Å²) in [7, 11) is 0. The van der Waals surface area contributed by atoms with E-state index in [9.17, 15) is 32.9 Å². The van der Waals surface area contributed by atoms with E-state index in [1.165, 1.54) is 17.7 Å². The first kappa shape index (κ1) is 32.6. The molecular formula is C32H31F3N4O6. The minimum Gasteiger partial charge on any atom is -0.481 e. The van der Waals surface area contributed by atoms with Crippen LogP contribution in [0.15, 0.2) is 90.9 Å². The van der Waals surface area contributed by atoms with Crippen molar-refractivity contribution in [1.82, 2.24) is 5.32 Å². The number of hydrogen-bond acceptors (Lipinski definition) is 7. The Morgan fingerprint density at radius 3 is 2.27 bits per heavy atom. The second-order valence-electron chi connectivity index (χ2n) is 10.2. The van der Waals surface area contributed by atoms with Crippen molar-refractivity contribution in [2.45, 2.75) is 45.0 Å². The van der Waals surface area contributed by atoms with Crippen LogP contribution in [-0.4, -0.2) is 34.8 Å². The SMILES string of the molecule is O=C(O)CCNC(=O)c1ccc(CN(/C(=C\[N+](=O)[O-])Nc2ccc(OC(F)(F)F)cc2)c2ccc(C3=CCCCC3)cc2)cc1. The molecule has 1 aliphatic carbocycles. The highest BCUT2D eigenvalue weighted by Gasteiger charge is 2.31. The van der Waals surface area contributed by atoms with Crippen LogP contribution >= 0.6 is 0 Å². The molecule has 1 aliphatic rings. The first-order valence-corrected chi connectivity index (χ1v) is 14.1. The highest BCUT2D eigenvalue weighted by atomic mass is 19.4. The van der Waals surface area contributed by atoms with Crippen LogP contribution < -0.4 is 20.3 Å². The predicted molar refractivity (Wildman–Crippen MR) is 162 cm³/mol. The van der Waals surface area contributed by atoms with E-state index < -0.39 is 28.9 Å². The second-order valence-corrected chi connectivity index (χ2v) is 10.2. The van der Waals surface area contributed by atoms with Crippen LogP contribution in [0.4, 0.5) is 24.5 Å². The number of carbonyl (C=O) groups is 2. The van der Waals surface area contributed by atoms with Crippen molar-refractivity contribution in [2.75, 3.05) is 16.8 Å². The molecule has 0 bridgehead atoms. The van der Waals surface area contributed by atoms with Gasteiger partial charge in [0.15, 0.2) is 5.82 Å². The van der Waals surface area contributed by atoms with Gasteiger partial charge >= 0.3 is 12.3 Å². The number of aliphatic carboxylic acids is 1. The summed E-state index contributed by atoms with van der Waals surface area (Å²) in [5, 5.41) is 26.0. The van der Waals surface area contributed by atoms with E-state index in [1.54, 1.807) is 29.2 Å². The number of carbonyl (C=O) groups excluding carboxylic acids is 1. The molecule has 13 heteroatoms. The standard InChI is InChI=1S/C32H31F3N4O6/c33-32(34,35)45-28-16-12-26(13-17-28)37-29(21-39(43)44)38(27-14-10-24(11-15-27)23-4-2-1-3-5-23)20-22-6-8-25(9-7-22)31(42)36-19-18-30(40)41/h4,6-17,21,37H,1-3,5,18-20H2,(H,36,42)(H,40,41)/b29-21-. The number of amides is 1. The van der Waals surface area contributed by atoms with Crippen molar-refractivity contribution in [2.24, 2.45) is 0 Å². The number of carboxylic acid groups (broad SMARTS) is 1. The highest BCUT2D eigenvalue weighted by molar-refractivity contribution is 5.94. The zero-order valence-electron chi connectivity index (χ0n) is 24.0. The molecule has 0 atom stereocenters. The molecule has 0 spiro atoms. The minimum atomic E-state index is -4.86. The fourth-order valence-corrected chi connectivity index (χ4v) is 4.76. The van der Waals surface area contributed by atoms with Gasteiger partial charge in [0, 0.05) is 30.0 Å². The highest BCUT2D eigenvalue weighted by Crippen LogP contribution is 2.31. The lowest BCUT2D eigenvalue weighted by Gasteiger charge is -2.27. The molecule has 0 saturated heterocycles. The fraction of sp³-hybridized carbons (Fsp3) is 0.250. The van der Waals surface area contributed by atoms with Crippen molar-refractivity contribution in [3.8, 4) is 5.75 Å². The summed E-state index contributed by atoms with van der Waals surface area (Å²) in [4.78, 5) is 35.9. The molecule has 0 radical (unpaired) electrons. The number of alkyl halides is 3. The minimum absolute atomic E-state index is 0.0272. The molecule has 0 aromatic heterocycles. The van der Waals surface area contributed by atoms with Crippen LogP contribution in [-0.2, 0) is 11.3 Å². The monoisotopic (exact) mass is 624 g/mol. The van der Waals surface area contributed by atoms with Gasteiger partial charge in [-0.15, -0.1) is 13.2 Å². The Bertz CT molecular complexity index is 1550. The zero-order valence-corrected chi connectivity index (χ0v) is 24.0. The average Bonchev–Trinajstić information content (AvgIpc) is 3.00. The first-order chi connectivity index (χ1) is 21.5. The molecule has 45 heavy (non-hydrogen) atoms. The summed E-state index contributed by atoms with van der Waals surface area (Å²) >= 11 is 0. The largest absolute Gasteiger partial charge is 0.573 e. The third kappa shape index (κ3) is 10.1. The van der Waals surface area contributed by atoms with E-state index in [2.05, 4.69) is 21.4 Å². The van der Waals surface area contributed by atoms with E-state index in [4.69, 9.17) is 5.11 Å². The Morgan fingerprint density at radius 2 is 1.69 bits per heavy atom. The number of nitrogens with one attached hydrogen (secondary N) is 2. The number of carboxylic acids is 1. The molecule has 4 rings (SSSR count). The molecule has 0 fully saturated rings. The van der Waals surface area contributed by atoms with E-state index in [0.29, 0.717) is 16.8 Å². The zero-order chi connectivity index (χ0) is 32.4. The van der Waals surface area contributed by atoms with Gasteiger partial charge in [-0.1, -0.05) is 30.3 Å². The van der Waals surface area contributed by atoms with Gasteiger partial charge in [-0.2, -0.15) is 0 Å². The van der Waals surface area contributed by atoms with Gasteiger partial charge in [-0.3, -0.25) is 19.7 Å². The summed E-state index contributed by atoms with van der Waals surface area (Å²) in [6.07, 6.45) is 2.10. The molecule has 1 amide bonds. The van der Waals surface area contributed by atoms with Gasteiger partial charge in [-0.05, 0) is 90.9 Å². The Kier molecular flexibility index (Phi) is 10.8. The average molecular weight is 625 g/mol. The number of ether oxygens (including phenoxy) is 1. The van der Waals surface area contributed by atoms with Crippen LogP contribution in [0.3, 0.4) is 0 Å². The van der Waals surface area contributed by atoms with Gasteiger partial charge < -0.3 is 25.4 Å². The summed E-state index contributed by atoms with van der Waals surface area (Å²) in [5.41, 5.74) is 4.15. The molecule has 0 heterocycles. The Hall–Kier alpha value is -5.33. The van der Waals surface area contributed by atoms with Crippen molar-refractivity contribution < 1.29 is 37.5 Å². The predicted octanol–water partition coefficient (Wildman–Crippen LogP) is 6.94. The number of hydrogen-bond donors (Lipinski definition) is 3. The molecule has 10 nitrogen and oxygen atoms in total. The Labute approximate surface area is 257 Å². The number of halogens is 3. The Balaban J connectivity index is 1.62. The van der Waals surface area contributed by atoms with E-state index in [0.717, 1.165) is 49.6 Å². The maximum Gasteiger partial charge on any atom is 0.573 e. The lowest BCUT2D eigenvalue weighted by atomic mass is 9.93. The van der Waals surface area contributed by atoms with Gasteiger partial charge in [0.05, 0.1) is 11.3 Å². The fourth-order valence-electron chi connectivity index (χ4n) is 4.76. The number of anilines is 2. The molecular weight excluding hydrogens is 593 g/mol. The number of nitrogens with zero attached hydrogens (tertiary/aromatic N) is 2. The van der Waals surface area contributed by atoms with Crippen molar-refractivity contribution in [3.05, 3.63) is 118 Å². The number of nitro groups is 1. The quantitative estimate of drug-likeness (QED) is 0.138. The second kappa shape index (κ2) is 14.9. The van der Waals surface area contributed by atoms with Crippen molar-refractivity contribution in [3.63, 3.8) is 0 Å². The first-order valence-electron chi connectivity index (χ1n) is 14.1. The maximum absolute atomic E-state index is 12.6. The van der Waals surface area contributed by atoms with E-state index in [-0.39, 0.29) is 31.0 Å². The van der Waals surface area contributed by atoms with Crippen LogP contribution in [0.5, 0.6) is 5.75 Å².